The third kappa shape index (κ3) is 2.90. The van der Waals surface area contributed by atoms with Crippen LogP contribution in [0.5, 0.6) is 0 Å². The number of aliphatic hydroxyl groups excluding tert-OH is 1. The van der Waals surface area contributed by atoms with Gasteiger partial charge in [-0.05, 0) is 19.8 Å². The maximum absolute atomic E-state index is 11.9. The molecule has 0 aromatic rings. The van der Waals surface area contributed by atoms with E-state index in [2.05, 4.69) is 0 Å². The van der Waals surface area contributed by atoms with Crippen molar-refractivity contribution >= 4 is 23.6 Å². The largest absolute Gasteiger partial charge is 1.00 e. The fourth-order valence-corrected chi connectivity index (χ4v) is 4.51. The smallest absolute Gasteiger partial charge is 0.543 e. The Morgan fingerprint density at radius 2 is 2.24 bits per heavy atom. The number of rotatable bonds is 3. The molecular formula is C12H16NNaO6S. The van der Waals surface area contributed by atoms with E-state index in [4.69, 9.17) is 4.74 Å². The van der Waals surface area contributed by atoms with Crippen molar-refractivity contribution in [1.82, 2.24) is 4.90 Å². The summed E-state index contributed by atoms with van der Waals surface area (Å²) < 4.78 is 5.50. The van der Waals surface area contributed by atoms with E-state index in [0.29, 0.717) is 11.5 Å². The van der Waals surface area contributed by atoms with Crippen molar-refractivity contribution in [2.75, 3.05) is 6.61 Å². The van der Waals surface area contributed by atoms with Gasteiger partial charge >= 0.3 is 29.6 Å². The van der Waals surface area contributed by atoms with E-state index in [1.165, 1.54) is 16.7 Å². The Morgan fingerprint density at radius 1 is 1.57 bits per heavy atom. The van der Waals surface area contributed by atoms with Gasteiger partial charge in [0.2, 0.25) is 5.91 Å². The number of carbonyl (C=O) groups is 2. The fourth-order valence-electron chi connectivity index (χ4n) is 2.81. The van der Waals surface area contributed by atoms with Crippen LogP contribution in [0.3, 0.4) is 0 Å². The van der Waals surface area contributed by atoms with Gasteiger partial charge in [0, 0.05) is 11.5 Å². The molecule has 3 aliphatic heterocycles. The predicted molar refractivity (Wildman–Crippen MR) is 68.0 cm³/mol. The molecule has 2 fully saturated rings. The molecule has 3 aliphatic rings. The summed E-state index contributed by atoms with van der Waals surface area (Å²) in [6.07, 6.45) is 0.597. The van der Waals surface area contributed by atoms with Crippen LogP contribution in [0.15, 0.2) is 10.6 Å². The summed E-state index contributed by atoms with van der Waals surface area (Å²) in [5, 5.41) is 20.5. The van der Waals surface area contributed by atoms with Crippen LogP contribution in [0, 0.1) is 5.92 Å². The number of aliphatic hydroxyl groups is 1. The number of amides is 1. The van der Waals surface area contributed by atoms with Gasteiger partial charge < -0.3 is 25.2 Å². The van der Waals surface area contributed by atoms with Gasteiger partial charge in [0.1, 0.15) is 5.37 Å². The van der Waals surface area contributed by atoms with Gasteiger partial charge in [-0.15, -0.1) is 0 Å². The number of aliphatic carboxylic acids is 1. The van der Waals surface area contributed by atoms with Crippen LogP contribution < -0.4 is 34.7 Å². The second-order valence-electron chi connectivity index (χ2n) is 4.99. The molecule has 0 bridgehead atoms. The molecule has 7 nitrogen and oxygen atoms in total. The van der Waals surface area contributed by atoms with E-state index in [0.717, 1.165) is 12.8 Å². The van der Waals surface area contributed by atoms with E-state index < -0.39 is 18.0 Å². The van der Waals surface area contributed by atoms with Crippen molar-refractivity contribution in [1.29, 1.82) is 0 Å². The van der Waals surface area contributed by atoms with Gasteiger partial charge in [-0.2, -0.15) is 0 Å². The minimum absolute atomic E-state index is 0. The topological polar surface area (TPSA) is 121 Å². The third-order valence-corrected chi connectivity index (χ3v) is 5.20. The zero-order valence-corrected chi connectivity index (χ0v) is 14.7. The molecule has 0 spiro atoms. The van der Waals surface area contributed by atoms with E-state index in [1.807, 2.05) is 0 Å². The molecule has 3 rings (SSSR count). The van der Waals surface area contributed by atoms with Crippen LogP contribution in [0.25, 0.3) is 0 Å². The molecule has 0 aromatic carbocycles. The maximum atomic E-state index is 11.9. The Labute approximate surface area is 148 Å². The molecule has 0 aromatic heterocycles. The molecule has 1 amide bonds. The molecule has 3 N–H and O–H groups in total. The number of fused-ring (bicyclic) bond motifs is 1. The van der Waals surface area contributed by atoms with Gasteiger partial charge in [0.25, 0.3) is 0 Å². The van der Waals surface area contributed by atoms with Crippen molar-refractivity contribution < 1.29 is 59.6 Å². The Balaban J connectivity index is 0.00000110. The van der Waals surface area contributed by atoms with Crippen molar-refractivity contribution in [2.24, 2.45) is 5.92 Å². The van der Waals surface area contributed by atoms with Crippen molar-refractivity contribution in [2.45, 2.75) is 37.3 Å². The number of hydrogen-bond donors (Lipinski definition) is 1. The molecule has 0 saturated carbocycles. The Kier molecular flexibility index (Phi) is 6.31. The van der Waals surface area contributed by atoms with Crippen LogP contribution in [0.4, 0.5) is 0 Å². The Bertz CT molecular complexity index is 476. The minimum Gasteiger partial charge on any atom is -0.543 e. The molecule has 3 unspecified atom stereocenters. The summed E-state index contributed by atoms with van der Waals surface area (Å²) in [6, 6.07) is 0. The molecule has 3 heterocycles. The first kappa shape index (κ1) is 19.0. The van der Waals surface area contributed by atoms with Crippen molar-refractivity contribution in [3.63, 3.8) is 0 Å². The first-order chi connectivity index (χ1) is 9.02. The van der Waals surface area contributed by atoms with Gasteiger partial charge in [-0.25, -0.2) is 0 Å². The predicted octanol–water partition coefficient (Wildman–Crippen LogP) is -4.78. The molecule has 4 atom stereocenters. The van der Waals surface area contributed by atoms with Crippen LogP contribution in [0.2, 0.25) is 0 Å². The minimum atomic E-state index is -1.35. The molecular weight excluding hydrogens is 309 g/mol. The fraction of sp³-hybridized carbons (Fsp3) is 0.667. The SMILES string of the molecule is C[C@@H](O)C1C(=O)N2C(C(=O)[O-])=C(C3CCCO3)SC12.O.[Na+]. The number of nitrogens with zero attached hydrogens (tertiary/aromatic N) is 1. The van der Waals surface area contributed by atoms with Gasteiger partial charge in [0.05, 0.1) is 29.8 Å². The third-order valence-electron chi connectivity index (χ3n) is 3.74. The van der Waals surface area contributed by atoms with Crippen molar-refractivity contribution in [3.05, 3.63) is 10.6 Å². The zero-order chi connectivity index (χ0) is 13.7. The zero-order valence-electron chi connectivity index (χ0n) is 11.9. The number of hydrogen-bond acceptors (Lipinski definition) is 6. The van der Waals surface area contributed by atoms with E-state index in [9.17, 15) is 19.8 Å². The molecule has 112 valence electrons. The van der Waals surface area contributed by atoms with Crippen LogP contribution in [-0.2, 0) is 14.3 Å². The second kappa shape index (κ2) is 6.99. The summed E-state index contributed by atoms with van der Waals surface area (Å²) in [6.45, 7) is 2.15. The number of ether oxygens (including phenoxy) is 1. The number of carbonyl (C=O) groups excluding carboxylic acids is 2. The average molecular weight is 325 g/mol. The van der Waals surface area contributed by atoms with E-state index >= 15 is 0 Å². The summed E-state index contributed by atoms with van der Waals surface area (Å²) in [7, 11) is 0. The summed E-state index contributed by atoms with van der Waals surface area (Å²) in [5.74, 6) is -2.24. The van der Waals surface area contributed by atoms with Gasteiger partial charge in [-0.1, -0.05) is 11.8 Å². The second-order valence-corrected chi connectivity index (χ2v) is 6.14. The molecule has 21 heavy (non-hydrogen) atoms. The normalized spacial score (nSPS) is 32.0. The summed E-state index contributed by atoms with van der Waals surface area (Å²) in [4.78, 5) is 25.0. The first-order valence-electron chi connectivity index (χ1n) is 6.27. The van der Waals surface area contributed by atoms with E-state index in [-0.39, 0.29) is 58.1 Å². The Morgan fingerprint density at radius 3 is 2.71 bits per heavy atom. The number of carboxylic acids is 1. The van der Waals surface area contributed by atoms with E-state index in [1.54, 1.807) is 6.92 Å². The number of carboxylic acid groups (broad SMARTS) is 1. The average Bonchev–Trinajstić information content (AvgIpc) is 2.92. The van der Waals surface area contributed by atoms with Crippen LogP contribution in [0.1, 0.15) is 19.8 Å². The standard InChI is InChI=1S/C12H15NO5S.Na.H2O/c1-5(14)7-10(15)13-8(12(16)17)9(19-11(7)13)6-3-2-4-18-6;;/h5-7,11,14H,2-4H2,1H3,(H,16,17);;1H2/q;+1;/p-1/t5-,6?,7?,11?;;/m1../s1. The molecule has 9 heteroatoms. The maximum Gasteiger partial charge on any atom is 1.00 e. The van der Waals surface area contributed by atoms with Gasteiger partial charge in [0.15, 0.2) is 0 Å². The molecule has 0 aliphatic carbocycles. The van der Waals surface area contributed by atoms with Crippen LogP contribution in [-0.4, -0.2) is 51.5 Å². The van der Waals surface area contributed by atoms with Crippen LogP contribution >= 0.6 is 11.8 Å². The number of thioether (sulfide) groups is 1. The van der Waals surface area contributed by atoms with Crippen molar-refractivity contribution in [3.8, 4) is 0 Å². The summed E-state index contributed by atoms with van der Waals surface area (Å²) in [5.41, 5.74) is -0.0659. The summed E-state index contributed by atoms with van der Waals surface area (Å²) >= 11 is 1.31. The Hall–Kier alpha value is -0.0900. The van der Waals surface area contributed by atoms with Gasteiger partial charge in [-0.3, -0.25) is 9.69 Å². The molecule has 2 saturated heterocycles. The molecule has 0 radical (unpaired) electrons. The quantitative estimate of drug-likeness (QED) is 0.411. The monoisotopic (exact) mass is 325 g/mol. The number of β-lactam (4-membered cyclic amide) rings is 1. The first-order valence-corrected chi connectivity index (χ1v) is 7.15.